The molecule has 0 atom stereocenters. The summed E-state index contributed by atoms with van der Waals surface area (Å²) in [4.78, 5) is 52.1. The second-order valence-corrected chi connectivity index (χ2v) is 11.9. The molecular weight excluding hydrogens is 860 g/mol. The van der Waals surface area contributed by atoms with E-state index in [4.69, 9.17) is 25.3 Å². The first-order chi connectivity index (χ1) is 24.3. The van der Waals surface area contributed by atoms with Crippen molar-refractivity contribution in [1.29, 1.82) is 0 Å². The summed E-state index contributed by atoms with van der Waals surface area (Å²) in [7, 11) is 3.18. The molecule has 252 valence electrons. The summed E-state index contributed by atoms with van der Waals surface area (Å²) in [6.07, 6.45) is 0. The van der Waals surface area contributed by atoms with Crippen LogP contribution in [0, 0.1) is 0 Å². The van der Waals surface area contributed by atoms with Gasteiger partial charge >= 0.3 is 21.1 Å². The molecule has 10 nitrogen and oxygen atoms in total. The van der Waals surface area contributed by atoms with Gasteiger partial charge in [0.25, 0.3) is 11.1 Å². The maximum absolute atomic E-state index is 12.5. The molecule has 0 saturated carbocycles. The fourth-order valence-corrected chi connectivity index (χ4v) is 5.65. The summed E-state index contributed by atoms with van der Waals surface area (Å²) in [6.45, 7) is 0. The van der Waals surface area contributed by atoms with Crippen molar-refractivity contribution in [2.24, 2.45) is 14.1 Å². The van der Waals surface area contributed by atoms with Crippen LogP contribution in [-0.2, 0) is 60.4 Å². The zero-order chi connectivity index (χ0) is 34.8. The van der Waals surface area contributed by atoms with Crippen LogP contribution in [0.1, 0.15) is 0 Å². The van der Waals surface area contributed by atoms with E-state index in [1.807, 2.05) is 121 Å². The molecule has 51 heavy (non-hydrogen) atoms. The minimum absolute atomic E-state index is 0. The molecule has 0 radical (unpaired) electrons. The number of aromatic nitrogens is 8. The Morgan fingerprint density at radius 2 is 0.667 bits per heavy atom. The van der Waals surface area contributed by atoms with Crippen molar-refractivity contribution in [2.75, 3.05) is 0 Å². The normalized spacial score (nSPS) is 10.7. The molecule has 0 saturated heterocycles. The average Bonchev–Trinajstić information content (AvgIpc) is 3.17. The van der Waals surface area contributed by atoms with Gasteiger partial charge in [0.05, 0.1) is 22.8 Å². The predicted molar refractivity (Wildman–Crippen MR) is 198 cm³/mol. The topological polar surface area (TPSA) is 121 Å². The molecule has 0 aliphatic carbocycles. The molecule has 13 heteroatoms. The third-order valence-corrected chi connectivity index (χ3v) is 8.67. The van der Waals surface area contributed by atoms with Crippen LogP contribution in [0.5, 0.6) is 0 Å². The number of hydrogen-bond acceptors (Lipinski definition) is 10. The summed E-state index contributed by atoms with van der Waals surface area (Å²) in [6, 6.07) is 38.8. The van der Waals surface area contributed by atoms with E-state index in [1.54, 1.807) is 14.1 Å². The van der Waals surface area contributed by atoms with Crippen molar-refractivity contribution >= 4 is 47.6 Å². The largest absolute Gasteiger partial charge is 2.00 e. The maximum atomic E-state index is 12.5. The Labute approximate surface area is 317 Å². The zero-order valence-corrected chi connectivity index (χ0v) is 31.0. The van der Waals surface area contributed by atoms with E-state index >= 15 is 0 Å². The molecule has 4 heterocycles. The monoisotopic (exact) mass is 885 g/mol. The summed E-state index contributed by atoms with van der Waals surface area (Å²) in [5, 5.41) is 0.386. The third kappa shape index (κ3) is 7.07. The van der Waals surface area contributed by atoms with Crippen LogP contribution in [0.15, 0.2) is 141 Å². The summed E-state index contributed by atoms with van der Waals surface area (Å²) >= 11 is 10.3. The second kappa shape index (κ2) is 15.1. The molecule has 0 amide bonds. The van der Waals surface area contributed by atoms with Crippen molar-refractivity contribution in [3.63, 3.8) is 0 Å². The molecule has 0 aliphatic heterocycles. The Balaban J connectivity index is 0.000000172. The van der Waals surface area contributed by atoms with Crippen LogP contribution in [0.25, 0.3) is 67.4 Å². The molecule has 0 unspecified atom stereocenters. The molecule has 0 aliphatic rings. The molecule has 0 N–H and O–H groups in total. The van der Waals surface area contributed by atoms with Gasteiger partial charge in [0, 0.05) is 36.3 Å². The van der Waals surface area contributed by atoms with E-state index in [1.165, 1.54) is 9.13 Å². The van der Waals surface area contributed by atoms with Gasteiger partial charge in [0.15, 0.2) is 22.3 Å². The summed E-state index contributed by atoms with van der Waals surface area (Å²) < 4.78 is 2.62. The van der Waals surface area contributed by atoms with E-state index in [-0.39, 0.29) is 64.8 Å². The Morgan fingerprint density at radius 1 is 0.412 bits per heavy atom. The molecule has 0 fully saturated rings. The van der Waals surface area contributed by atoms with Gasteiger partial charge in [-0.25, -0.2) is 29.9 Å². The number of nitrogens with zero attached hydrogens (tertiary/aromatic N) is 8. The molecule has 8 rings (SSSR count). The van der Waals surface area contributed by atoms with Crippen molar-refractivity contribution in [3.8, 4) is 45.0 Å². The Hall–Kier alpha value is -5.55. The van der Waals surface area contributed by atoms with E-state index in [0.29, 0.717) is 22.8 Å². The van der Waals surface area contributed by atoms with Crippen LogP contribution < -0.4 is 11.1 Å². The Bertz CT molecular complexity index is 2440. The second-order valence-electron chi connectivity index (χ2n) is 11.2. The van der Waals surface area contributed by atoms with Gasteiger partial charge in [0.1, 0.15) is 0 Å². The van der Waals surface area contributed by atoms with Gasteiger partial charge in [-0.05, 0) is 10.3 Å². The van der Waals surface area contributed by atoms with E-state index in [9.17, 15) is 9.59 Å². The first-order valence-electron chi connectivity index (χ1n) is 15.4. The minimum atomic E-state index is -0.292. The zero-order valence-electron chi connectivity index (χ0n) is 27.1. The first-order valence-corrected chi connectivity index (χ1v) is 16.2. The van der Waals surface area contributed by atoms with E-state index < -0.39 is 0 Å². The van der Waals surface area contributed by atoms with Gasteiger partial charge in [-0.15, -0.1) is 0 Å². The van der Waals surface area contributed by atoms with Crippen LogP contribution in [0.4, 0.5) is 0 Å². The van der Waals surface area contributed by atoms with Gasteiger partial charge in [-0.2, -0.15) is 0 Å². The van der Waals surface area contributed by atoms with Crippen LogP contribution in [0.3, 0.4) is 0 Å². The molecule has 8 aromatic rings. The minimum Gasteiger partial charge on any atom is -0.742 e. The molecule has 0 bridgehead atoms. The SMILES string of the molecule is Cn1c([S-])nc2nc(-c3ccccc3)c(-c3ccccc3)nc2c1=O.Cn1c([S-])nc2nc(-c3ccccc3)c(-c3ccccc3)nc2c1=O.[Pt+2]. The van der Waals surface area contributed by atoms with Crippen LogP contribution in [-0.4, -0.2) is 39.0 Å². The van der Waals surface area contributed by atoms with Gasteiger partial charge in [-0.1, -0.05) is 121 Å². The Morgan fingerprint density at radius 3 is 0.941 bits per heavy atom. The summed E-state index contributed by atoms with van der Waals surface area (Å²) in [5.74, 6) is 0. The van der Waals surface area contributed by atoms with Crippen molar-refractivity contribution in [2.45, 2.75) is 10.3 Å². The van der Waals surface area contributed by atoms with Crippen molar-refractivity contribution in [1.82, 2.24) is 39.0 Å². The molecule has 4 aromatic carbocycles. The van der Waals surface area contributed by atoms with Gasteiger partial charge < -0.3 is 34.4 Å². The first kappa shape index (κ1) is 35.3. The number of rotatable bonds is 4. The van der Waals surface area contributed by atoms with Crippen LogP contribution >= 0.6 is 0 Å². The standard InChI is InChI=1S/2C19H14N4OS.Pt/c2*1-23-18(24)16-17(22-19(23)25)21-15(13-10-6-3-7-11-13)14(20-16)12-8-4-2-5-9-12;/h2*2-11H,1H3,(H,21,22,25);/q;;+2/p-2. The van der Waals surface area contributed by atoms with E-state index in [2.05, 4.69) is 29.9 Å². The Kier molecular flexibility index (Phi) is 10.5. The fourth-order valence-electron chi connectivity index (χ4n) is 5.31. The average molecular weight is 886 g/mol. The smallest absolute Gasteiger partial charge is 0.742 e. The number of hydrogen-bond donors (Lipinski definition) is 0. The number of benzene rings is 4. The van der Waals surface area contributed by atoms with Crippen LogP contribution in [0.2, 0.25) is 0 Å². The van der Waals surface area contributed by atoms with Gasteiger partial charge in [0.2, 0.25) is 0 Å². The van der Waals surface area contributed by atoms with Crippen molar-refractivity contribution < 1.29 is 21.1 Å². The van der Waals surface area contributed by atoms with E-state index in [0.717, 1.165) is 22.3 Å². The molecule has 4 aromatic heterocycles. The van der Waals surface area contributed by atoms with Crippen molar-refractivity contribution in [3.05, 3.63) is 142 Å². The third-order valence-electron chi connectivity index (χ3n) is 7.94. The maximum Gasteiger partial charge on any atom is 2.00 e. The summed E-state index contributed by atoms with van der Waals surface area (Å²) in [5.41, 5.74) is 6.63. The molecule has 0 spiro atoms. The van der Waals surface area contributed by atoms with Gasteiger partial charge in [-0.3, -0.25) is 9.59 Å². The molecular formula is C38H26N8O2PtS2. The fraction of sp³-hybridized carbons (Fsp3) is 0.0526. The quantitative estimate of drug-likeness (QED) is 0.156. The number of fused-ring (bicyclic) bond motifs is 2. The predicted octanol–water partition coefficient (Wildman–Crippen LogP) is 5.92.